The lowest BCUT2D eigenvalue weighted by Gasteiger charge is -2.32. The van der Waals surface area contributed by atoms with Gasteiger partial charge in [0.15, 0.2) is 0 Å². The molecule has 2 aliphatic rings. The quantitative estimate of drug-likeness (QED) is 0.907. The minimum Gasteiger partial charge on any atom is -0.356 e. The lowest BCUT2D eigenvalue weighted by molar-refractivity contribution is -0.126. The molecule has 1 saturated carbocycles. The number of nitriles is 1. The number of nitrogens with zero attached hydrogens (tertiary/aromatic N) is 2. The van der Waals surface area contributed by atoms with Crippen molar-refractivity contribution in [3.05, 3.63) is 35.4 Å². The van der Waals surface area contributed by atoms with Crippen molar-refractivity contribution in [1.82, 2.24) is 10.2 Å². The van der Waals surface area contributed by atoms with Crippen LogP contribution in [0, 0.1) is 23.2 Å². The summed E-state index contributed by atoms with van der Waals surface area (Å²) in [5.41, 5.74) is 1.85. The van der Waals surface area contributed by atoms with Crippen LogP contribution in [-0.4, -0.2) is 30.4 Å². The Hall–Kier alpha value is -1.86. The third kappa shape index (κ3) is 4.08. The van der Waals surface area contributed by atoms with Gasteiger partial charge in [0, 0.05) is 19.6 Å². The first-order valence-electron chi connectivity index (χ1n) is 8.23. The van der Waals surface area contributed by atoms with E-state index in [1.54, 1.807) is 0 Å². The Bertz CT molecular complexity index is 574. The molecule has 4 heteroatoms. The summed E-state index contributed by atoms with van der Waals surface area (Å²) in [5.74, 6) is 1.08. The molecule has 0 radical (unpaired) electrons. The van der Waals surface area contributed by atoms with E-state index in [-0.39, 0.29) is 11.8 Å². The van der Waals surface area contributed by atoms with Gasteiger partial charge in [-0.3, -0.25) is 9.69 Å². The van der Waals surface area contributed by atoms with Gasteiger partial charge in [-0.15, -0.1) is 0 Å². The molecule has 1 aromatic rings. The van der Waals surface area contributed by atoms with Gasteiger partial charge < -0.3 is 5.32 Å². The summed E-state index contributed by atoms with van der Waals surface area (Å²) in [6, 6.07) is 9.93. The van der Waals surface area contributed by atoms with Crippen LogP contribution in [0.4, 0.5) is 0 Å². The fourth-order valence-electron chi connectivity index (χ4n) is 3.12. The van der Waals surface area contributed by atoms with E-state index in [9.17, 15) is 4.79 Å². The van der Waals surface area contributed by atoms with Crippen LogP contribution in [0.3, 0.4) is 0 Å². The number of likely N-dealkylation sites (tertiary alicyclic amines) is 1. The molecule has 1 N–H and O–H groups in total. The van der Waals surface area contributed by atoms with Crippen LogP contribution in [0.1, 0.15) is 36.8 Å². The monoisotopic (exact) mass is 297 g/mol. The molecule has 4 nitrogen and oxygen atoms in total. The number of amides is 1. The molecule has 2 fully saturated rings. The predicted molar refractivity (Wildman–Crippen MR) is 84.9 cm³/mol. The van der Waals surface area contributed by atoms with Crippen molar-refractivity contribution >= 4 is 5.91 Å². The third-order valence-corrected chi connectivity index (χ3v) is 4.60. The van der Waals surface area contributed by atoms with Crippen LogP contribution in [0.2, 0.25) is 0 Å². The maximum Gasteiger partial charge on any atom is 0.224 e. The SMILES string of the molecule is N#Cc1cccc(CN2CCC[C@H](C(=O)NCC3CC3)C2)c1. The van der Waals surface area contributed by atoms with E-state index in [0.717, 1.165) is 50.5 Å². The largest absolute Gasteiger partial charge is 0.356 e. The highest BCUT2D eigenvalue weighted by molar-refractivity contribution is 5.79. The molecule has 1 aliphatic carbocycles. The van der Waals surface area contributed by atoms with Crippen molar-refractivity contribution in [2.45, 2.75) is 32.2 Å². The number of piperidine rings is 1. The second-order valence-electron chi connectivity index (χ2n) is 6.57. The van der Waals surface area contributed by atoms with Crippen LogP contribution in [0.5, 0.6) is 0 Å². The van der Waals surface area contributed by atoms with Gasteiger partial charge in [-0.25, -0.2) is 0 Å². The van der Waals surface area contributed by atoms with E-state index in [2.05, 4.69) is 22.4 Å². The van der Waals surface area contributed by atoms with Gasteiger partial charge in [0.1, 0.15) is 0 Å². The first-order chi connectivity index (χ1) is 10.7. The highest BCUT2D eigenvalue weighted by atomic mass is 16.1. The molecular weight excluding hydrogens is 274 g/mol. The van der Waals surface area contributed by atoms with Crippen molar-refractivity contribution < 1.29 is 4.79 Å². The Morgan fingerprint density at radius 2 is 2.23 bits per heavy atom. The van der Waals surface area contributed by atoms with Crippen LogP contribution in [-0.2, 0) is 11.3 Å². The lowest BCUT2D eigenvalue weighted by atomic mass is 9.96. The second kappa shape index (κ2) is 6.93. The number of carbonyl (C=O) groups is 1. The average Bonchev–Trinajstić information content (AvgIpc) is 3.37. The number of hydrogen-bond acceptors (Lipinski definition) is 3. The molecule has 1 aliphatic heterocycles. The Balaban J connectivity index is 1.53. The molecular formula is C18H23N3O. The van der Waals surface area contributed by atoms with Crippen molar-refractivity contribution in [3.8, 4) is 6.07 Å². The smallest absolute Gasteiger partial charge is 0.224 e. The van der Waals surface area contributed by atoms with Crippen LogP contribution in [0.15, 0.2) is 24.3 Å². The topological polar surface area (TPSA) is 56.1 Å². The van der Waals surface area contributed by atoms with Gasteiger partial charge in [0.05, 0.1) is 17.6 Å². The summed E-state index contributed by atoms with van der Waals surface area (Å²) in [7, 11) is 0. The van der Waals surface area contributed by atoms with E-state index in [1.807, 2.05) is 18.2 Å². The van der Waals surface area contributed by atoms with E-state index in [1.165, 1.54) is 12.8 Å². The Morgan fingerprint density at radius 3 is 3.00 bits per heavy atom. The molecule has 116 valence electrons. The third-order valence-electron chi connectivity index (χ3n) is 4.60. The number of hydrogen-bond donors (Lipinski definition) is 1. The molecule has 0 bridgehead atoms. The highest BCUT2D eigenvalue weighted by Gasteiger charge is 2.27. The van der Waals surface area contributed by atoms with Crippen molar-refractivity contribution in [2.75, 3.05) is 19.6 Å². The first kappa shape index (κ1) is 15.1. The summed E-state index contributed by atoms with van der Waals surface area (Å²) in [5, 5.41) is 12.1. The number of rotatable bonds is 5. The molecule has 1 heterocycles. The fourth-order valence-corrected chi connectivity index (χ4v) is 3.12. The van der Waals surface area contributed by atoms with Gasteiger partial charge in [-0.1, -0.05) is 12.1 Å². The Morgan fingerprint density at radius 1 is 1.36 bits per heavy atom. The first-order valence-corrected chi connectivity index (χ1v) is 8.23. The average molecular weight is 297 g/mol. The Kier molecular flexibility index (Phi) is 4.74. The zero-order valence-electron chi connectivity index (χ0n) is 12.9. The molecule has 0 aromatic heterocycles. The van der Waals surface area contributed by atoms with E-state index >= 15 is 0 Å². The lowest BCUT2D eigenvalue weighted by Crippen LogP contribution is -2.43. The van der Waals surface area contributed by atoms with Crippen LogP contribution in [0.25, 0.3) is 0 Å². The van der Waals surface area contributed by atoms with Gasteiger partial charge in [-0.05, 0) is 55.8 Å². The summed E-state index contributed by atoms with van der Waals surface area (Å²) < 4.78 is 0. The molecule has 1 amide bonds. The maximum absolute atomic E-state index is 12.2. The summed E-state index contributed by atoms with van der Waals surface area (Å²) in [6.07, 6.45) is 4.60. The molecule has 0 spiro atoms. The molecule has 0 unspecified atom stereocenters. The fraction of sp³-hybridized carbons (Fsp3) is 0.556. The van der Waals surface area contributed by atoms with E-state index in [4.69, 9.17) is 5.26 Å². The van der Waals surface area contributed by atoms with Crippen molar-refractivity contribution in [1.29, 1.82) is 5.26 Å². The normalized spacial score (nSPS) is 22.0. The molecule has 1 atom stereocenters. The molecule has 1 saturated heterocycles. The van der Waals surface area contributed by atoms with Crippen LogP contribution >= 0.6 is 0 Å². The number of benzene rings is 1. The van der Waals surface area contributed by atoms with Crippen molar-refractivity contribution in [3.63, 3.8) is 0 Å². The van der Waals surface area contributed by atoms with E-state index < -0.39 is 0 Å². The standard InChI is InChI=1S/C18H23N3O/c19-10-15-3-1-4-16(9-15)12-21-8-2-5-17(13-21)18(22)20-11-14-6-7-14/h1,3-4,9,14,17H,2,5-8,11-13H2,(H,20,22)/t17-/m0/s1. The van der Waals surface area contributed by atoms with Gasteiger partial charge in [-0.2, -0.15) is 5.26 Å². The number of carbonyl (C=O) groups excluding carboxylic acids is 1. The molecule has 22 heavy (non-hydrogen) atoms. The zero-order valence-corrected chi connectivity index (χ0v) is 12.9. The Labute approximate surface area is 132 Å². The predicted octanol–water partition coefficient (Wildman–Crippen LogP) is 2.30. The second-order valence-corrected chi connectivity index (χ2v) is 6.57. The van der Waals surface area contributed by atoms with Crippen molar-refractivity contribution in [2.24, 2.45) is 11.8 Å². The minimum atomic E-state index is 0.117. The van der Waals surface area contributed by atoms with Gasteiger partial charge >= 0.3 is 0 Å². The highest BCUT2D eigenvalue weighted by Crippen LogP contribution is 2.28. The summed E-state index contributed by atoms with van der Waals surface area (Å²) in [6.45, 7) is 3.54. The summed E-state index contributed by atoms with van der Waals surface area (Å²) >= 11 is 0. The van der Waals surface area contributed by atoms with Gasteiger partial charge in [0.25, 0.3) is 0 Å². The minimum absolute atomic E-state index is 0.117. The number of nitrogens with one attached hydrogen (secondary N) is 1. The van der Waals surface area contributed by atoms with Gasteiger partial charge in [0.2, 0.25) is 5.91 Å². The zero-order chi connectivity index (χ0) is 15.4. The summed E-state index contributed by atoms with van der Waals surface area (Å²) in [4.78, 5) is 14.6. The van der Waals surface area contributed by atoms with Crippen LogP contribution < -0.4 is 5.32 Å². The molecule has 1 aromatic carbocycles. The van der Waals surface area contributed by atoms with E-state index in [0.29, 0.717) is 5.56 Å². The maximum atomic E-state index is 12.2. The molecule has 3 rings (SSSR count).